The molecule has 2 aromatic carbocycles. The highest BCUT2D eigenvalue weighted by Crippen LogP contribution is 2.34. The predicted octanol–water partition coefficient (Wildman–Crippen LogP) is 3.28. The molecule has 0 radical (unpaired) electrons. The molecule has 1 aliphatic rings. The van der Waals surface area contributed by atoms with E-state index in [1.807, 2.05) is 30.3 Å². The molecule has 3 N–H and O–H groups in total. The average molecular weight is 439 g/mol. The number of benzene rings is 2. The molecule has 1 aliphatic heterocycles. The molecular formula is C23H23ClN4O3. The van der Waals surface area contributed by atoms with Gasteiger partial charge in [0, 0.05) is 42.0 Å². The zero-order chi connectivity index (χ0) is 21.8. The monoisotopic (exact) mass is 438 g/mol. The number of nitrogens with one attached hydrogen (secondary N) is 1. The summed E-state index contributed by atoms with van der Waals surface area (Å²) in [5.41, 5.74) is 3.82. The fourth-order valence-corrected chi connectivity index (χ4v) is 3.91. The summed E-state index contributed by atoms with van der Waals surface area (Å²) in [6.07, 6.45) is 2.27. The van der Waals surface area contributed by atoms with Crippen LogP contribution >= 0.6 is 11.6 Å². The Labute approximate surface area is 185 Å². The van der Waals surface area contributed by atoms with Crippen molar-refractivity contribution in [3.05, 3.63) is 76.4 Å². The topological polar surface area (TPSA) is 98.6 Å². The SMILES string of the molecule is O=C1c2cc(-c3ccnc(NCCCO)n3)ccc2CN1C(CO)c1cccc(Cl)c1. The maximum Gasteiger partial charge on any atom is 0.255 e. The van der Waals surface area contributed by atoms with Gasteiger partial charge in [-0.25, -0.2) is 9.97 Å². The zero-order valence-electron chi connectivity index (χ0n) is 16.8. The highest BCUT2D eigenvalue weighted by Gasteiger charge is 2.33. The maximum atomic E-state index is 13.2. The Kier molecular flexibility index (Phi) is 6.46. The number of hydrogen-bond acceptors (Lipinski definition) is 6. The van der Waals surface area contributed by atoms with Gasteiger partial charge in [0.05, 0.1) is 18.3 Å². The Hall–Kier alpha value is -3.00. The number of anilines is 1. The van der Waals surface area contributed by atoms with Crippen LogP contribution in [0.2, 0.25) is 5.02 Å². The summed E-state index contributed by atoms with van der Waals surface area (Å²) in [4.78, 5) is 23.6. The van der Waals surface area contributed by atoms with E-state index in [0.717, 1.165) is 16.7 Å². The van der Waals surface area contributed by atoms with Crippen LogP contribution in [0, 0.1) is 0 Å². The van der Waals surface area contributed by atoms with E-state index in [9.17, 15) is 9.90 Å². The predicted molar refractivity (Wildman–Crippen MR) is 119 cm³/mol. The van der Waals surface area contributed by atoms with Crippen LogP contribution in [0.25, 0.3) is 11.3 Å². The molecule has 7 nitrogen and oxygen atoms in total. The average Bonchev–Trinajstić information content (AvgIpc) is 3.10. The first-order chi connectivity index (χ1) is 15.1. The van der Waals surface area contributed by atoms with Crippen LogP contribution in [0.1, 0.15) is 33.9 Å². The van der Waals surface area contributed by atoms with Gasteiger partial charge in [0.2, 0.25) is 5.95 Å². The van der Waals surface area contributed by atoms with E-state index in [4.69, 9.17) is 16.7 Å². The first-order valence-electron chi connectivity index (χ1n) is 10.1. The molecule has 2 heterocycles. The second-order valence-electron chi connectivity index (χ2n) is 7.33. The standard InChI is InChI=1S/C23H23ClN4O3/c24-18-4-1-3-16(11-18)21(14-30)28-13-17-6-5-15(12-19(17)22(28)31)20-7-9-26-23(27-20)25-8-2-10-29/h1,3-7,9,11-12,21,29-30H,2,8,10,13-14H2,(H,25,26,27). The van der Waals surface area contributed by atoms with E-state index >= 15 is 0 Å². The normalized spacial score (nSPS) is 13.9. The van der Waals surface area contributed by atoms with Crippen LogP contribution in [-0.2, 0) is 6.54 Å². The lowest BCUT2D eigenvalue weighted by molar-refractivity contribution is 0.0615. The van der Waals surface area contributed by atoms with Crippen molar-refractivity contribution in [2.75, 3.05) is 25.1 Å². The number of hydrogen-bond donors (Lipinski definition) is 3. The van der Waals surface area contributed by atoms with Gasteiger partial charge in [0.1, 0.15) is 0 Å². The molecule has 1 aromatic heterocycles. The Morgan fingerprint density at radius 1 is 1.16 bits per heavy atom. The first-order valence-corrected chi connectivity index (χ1v) is 10.5. The summed E-state index contributed by atoms with van der Waals surface area (Å²) >= 11 is 6.10. The molecule has 1 atom stereocenters. The Morgan fingerprint density at radius 3 is 2.81 bits per heavy atom. The summed E-state index contributed by atoms with van der Waals surface area (Å²) in [5, 5.41) is 22.6. The second-order valence-corrected chi connectivity index (χ2v) is 7.76. The molecule has 1 unspecified atom stereocenters. The highest BCUT2D eigenvalue weighted by molar-refractivity contribution is 6.30. The lowest BCUT2D eigenvalue weighted by Gasteiger charge is -2.26. The van der Waals surface area contributed by atoms with Gasteiger partial charge < -0.3 is 20.4 Å². The minimum absolute atomic E-state index is 0.0974. The van der Waals surface area contributed by atoms with Crippen LogP contribution in [-0.4, -0.2) is 50.7 Å². The first kappa shape index (κ1) is 21.2. The molecule has 0 fully saturated rings. The summed E-state index contributed by atoms with van der Waals surface area (Å²) in [6.45, 7) is 0.898. The molecule has 0 spiro atoms. The number of nitrogens with zero attached hydrogens (tertiary/aromatic N) is 3. The summed E-state index contributed by atoms with van der Waals surface area (Å²) < 4.78 is 0. The number of carbonyl (C=O) groups excluding carboxylic acids is 1. The van der Waals surface area contributed by atoms with E-state index in [1.165, 1.54) is 0 Å². The van der Waals surface area contributed by atoms with Crippen molar-refractivity contribution >= 4 is 23.5 Å². The number of aliphatic hydroxyl groups excluding tert-OH is 2. The third kappa shape index (κ3) is 4.54. The Bertz CT molecular complexity index is 1090. The summed E-state index contributed by atoms with van der Waals surface area (Å²) in [6, 6.07) is 14.2. The summed E-state index contributed by atoms with van der Waals surface area (Å²) in [5.74, 6) is 0.340. The molecule has 1 amide bonds. The third-order valence-corrected chi connectivity index (χ3v) is 5.53. The number of rotatable bonds is 8. The summed E-state index contributed by atoms with van der Waals surface area (Å²) in [7, 11) is 0. The Morgan fingerprint density at radius 2 is 2.03 bits per heavy atom. The highest BCUT2D eigenvalue weighted by atomic mass is 35.5. The van der Waals surface area contributed by atoms with Crippen molar-refractivity contribution in [2.24, 2.45) is 0 Å². The van der Waals surface area contributed by atoms with Gasteiger partial charge in [0.25, 0.3) is 5.91 Å². The second kappa shape index (κ2) is 9.43. The molecule has 0 aliphatic carbocycles. The molecular weight excluding hydrogens is 416 g/mol. The number of aliphatic hydroxyl groups is 2. The van der Waals surface area contributed by atoms with Crippen molar-refractivity contribution in [2.45, 2.75) is 19.0 Å². The molecule has 160 valence electrons. The maximum absolute atomic E-state index is 13.2. The molecule has 0 saturated heterocycles. The van der Waals surface area contributed by atoms with Crippen molar-refractivity contribution < 1.29 is 15.0 Å². The van der Waals surface area contributed by atoms with E-state index in [0.29, 0.717) is 41.7 Å². The largest absolute Gasteiger partial charge is 0.396 e. The van der Waals surface area contributed by atoms with Crippen LogP contribution < -0.4 is 5.32 Å². The molecule has 0 bridgehead atoms. The number of amides is 1. The van der Waals surface area contributed by atoms with Gasteiger partial charge in [-0.15, -0.1) is 0 Å². The van der Waals surface area contributed by atoms with E-state index in [2.05, 4.69) is 15.3 Å². The van der Waals surface area contributed by atoms with Crippen LogP contribution in [0.3, 0.4) is 0 Å². The van der Waals surface area contributed by atoms with Gasteiger partial charge in [0.15, 0.2) is 0 Å². The minimum Gasteiger partial charge on any atom is -0.396 e. The number of halogens is 1. The zero-order valence-corrected chi connectivity index (χ0v) is 17.6. The number of aromatic nitrogens is 2. The minimum atomic E-state index is -0.469. The molecule has 3 aromatic rings. The van der Waals surface area contributed by atoms with Crippen molar-refractivity contribution in [3.63, 3.8) is 0 Å². The number of fused-ring (bicyclic) bond motifs is 1. The smallest absolute Gasteiger partial charge is 0.255 e. The van der Waals surface area contributed by atoms with Crippen molar-refractivity contribution in [1.82, 2.24) is 14.9 Å². The van der Waals surface area contributed by atoms with Crippen LogP contribution in [0.15, 0.2) is 54.7 Å². The van der Waals surface area contributed by atoms with Crippen LogP contribution in [0.5, 0.6) is 0 Å². The Balaban J connectivity index is 1.58. The molecule has 0 saturated carbocycles. The molecule has 8 heteroatoms. The van der Waals surface area contributed by atoms with Gasteiger partial charge in [-0.2, -0.15) is 0 Å². The van der Waals surface area contributed by atoms with Gasteiger partial charge in [-0.3, -0.25) is 4.79 Å². The van der Waals surface area contributed by atoms with E-state index in [1.54, 1.807) is 29.3 Å². The lowest BCUT2D eigenvalue weighted by atomic mass is 10.0. The fourth-order valence-electron chi connectivity index (χ4n) is 3.72. The number of carbonyl (C=O) groups is 1. The van der Waals surface area contributed by atoms with Crippen molar-refractivity contribution in [1.29, 1.82) is 0 Å². The van der Waals surface area contributed by atoms with E-state index in [-0.39, 0.29) is 19.1 Å². The van der Waals surface area contributed by atoms with Gasteiger partial charge >= 0.3 is 0 Å². The van der Waals surface area contributed by atoms with Crippen molar-refractivity contribution in [3.8, 4) is 11.3 Å². The quantitative estimate of drug-likeness (QED) is 0.467. The third-order valence-electron chi connectivity index (χ3n) is 5.29. The molecule has 31 heavy (non-hydrogen) atoms. The fraction of sp³-hybridized carbons (Fsp3) is 0.261. The van der Waals surface area contributed by atoms with Crippen LogP contribution in [0.4, 0.5) is 5.95 Å². The van der Waals surface area contributed by atoms with Gasteiger partial charge in [-0.05, 0) is 41.8 Å². The molecule has 4 rings (SSSR count). The lowest BCUT2D eigenvalue weighted by Crippen LogP contribution is -2.31. The van der Waals surface area contributed by atoms with E-state index < -0.39 is 6.04 Å². The van der Waals surface area contributed by atoms with Gasteiger partial charge in [-0.1, -0.05) is 35.9 Å².